The topological polar surface area (TPSA) is 70.9 Å². The molecule has 0 aliphatic carbocycles. The number of aromatic nitrogens is 3. The lowest BCUT2D eigenvalue weighted by molar-refractivity contribution is 0.0687. The van der Waals surface area contributed by atoms with Crippen LogP contribution >= 0.6 is 11.6 Å². The molecule has 148 valence electrons. The van der Waals surface area contributed by atoms with Crippen LogP contribution in [0.1, 0.15) is 46.9 Å². The van der Waals surface area contributed by atoms with E-state index in [1.54, 1.807) is 32.4 Å². The summed E-state index contributed by atoms with van der Waals surface area (Å²) in [4.78, 5) is 13.1. The molecule has 1 atom stereocenters. The zero-order valence-corrected chi connectivity index (χ0v) is 17.7. The molecule has 5 nitrogen and oxygen atoms in total. The number of aliphatic hydroxyl groups is 1. The predicted molar refractivity (Wildman–Crippen MR) is 116 cm³/mol. The number of hydrogen-bond acceptors (Lipinski definition) is 5. The third-order valence-electron chi connectivity index (χ3n) is 4.93. The van der Waals surface area contributed by atoms with Gasteiger partial charge in [-0.1, -0.05) is 38.4 Å². The largest absolute Gasteiger partial charge is 0.382 e. The van der Waals surface area contributed by atoms with Gasteiger partial charge in [-0.25, -0.2) is 9.97 Å². The molecule has 28 heavy (non-hydrogen) atoms. The Morgan fingerprint density at radius 2 is 1.75 bits per heavy atom. The van der Waals surface area contributed by atoms with E-state index in [0.717, 1.165) is 34.1 Å². The molecule has 0 aliphatic heterocycles. The SMILES string of the molecule is CCC(Nc1c(Cl)cnc2ccc(-c3cnc(C(C)(C)O)nc3)cc12)C(C)C. The first-order valence-electron chi connectivity index (χ1n) is 9.60. The summed E-state index contributed by atoms with van der Waals surface area (Å²) in [6.07, 6.45) is 6.16. The molecule has 0 aliphatic rings. The van der Waals surface area contributed by atoms with Crippen LogP contribution in [0.3, 0.4) is 0 Å². The summed E-state index contributed by atoms with van der Waals surface area (Å²) in [5.41, 5.74) is 2.56. The van der Waals surface area contributed by atoms with Crippen molar-refractivity contribution < 1.29 is 5.11 Å². The Labute approximate surface area is 171 Å². The van der Waals surface area contributed by atoms with Crippen molar-refractivity contribution in [2.75, 3.05) is 5.32 Å². The second kappa shape index (κ2) is 8.02. The Kier molecular flexibility index (Phi) is 5.87. The third kappa shape index (κ3) is 4.26. The minimum atomic E-state index is -1.07. The summed E-state index contributed by atoms with van der Waals surface area (Å²) in [5, 5.41) is 15.2. The van der Waals surface area contributed by atoms with E-state index in [4.69, 9.17) is 11.6 Å². The van der Waals surface area contributed by atoms with E-state index < -0.39 is 5.60 Å². The molecule has 2 heterocycles. The van der Waals surface area contributed by atoms with Crippen molar-refractivity contribution in [3.05, 3.63) is 47.6 Å². The number of benzene rings is 1. The number of halogens is 1. The highest BCUT2D eigenvalue weighted by molar-refractivity contribution is 6.34. The van der Waals surface area contributed by atoms with Gasteiger partial charge in [0.15, 0.2) is 5.82 Å². The normalized spacial score (nSPS) is 13.1. The van der Waals surface area contributed by atoms with Crippen molar-refractivity contribution in [1.82, 2.24) is 15.0 Å². The van der Waals surface area contributed by atoms with Gasteiger partial charge >= 0.3 is 0 Å². The van der Waals surface area contributed by atoms with E-state index in [1.807, 2.05) is 12.1 Å². The minimum absolute atomic E-state index is 0.321. The smallest absolute Gasteiger partial charge is 0.159 e. The molecule has 0 bridgehead atoms. The van der Waals surface area contributed by atoms with Gasteiger partial charge in [-0.2, -0.15) is 0 Å². The standard InChI is InChI=1S/C22H27ClN4O/c1-6-18(13(2)3)27-20-16-9-14(7-8-19(16)24-12-17(20)23)15-10-25-21(26-11-15)22(4,5)28/h7-13,18,28H,6H2,1-5H3,(H,24,27). The average molecular weight is 399 g/mol. The summed E-state index contributed by atoms with van der Waals surface area (Å²) in [7, 11) is 0. The van der Waals surface area contributed by atoms with E-state index >= 15 is 0 Å². The van der Waals surface area contributed by atoms with Crippen molar-refractivity contribution >= 4 is 28.2 Å². The molecule has 0 radical (unpaired) electrons. The predicted octanol–water partition coefficient (Wildman–Crippen LogP) is 5.42. The molecule has 0 spiro atoms. The summed E-state index contributed by atoms with van der Waals surface area (Å²) in [6, 6.07) is 6.36. The molecule has 0 fully saturated rings. The minimum Gasteiger partial charge on any atom is -0.382 e. The number of hydrogen-bond donors (Lipinski definition) is 2. The Bertz CT molecular complexity index is 965. The van der Waals surface area contributed by atoms with E-state index in [9.17, 15) is 5.11 Å². The van der Waals surface area contributed by atoms with Crippen LogP contribution in [-0.2, 0) is 5.60 Å². The first kappa shape index (κ1) is 20.5. The quantitative estimate of drug-likeness (QED) is 0.580. The Hall–Kier alpha value is -2.24. The van der Waals surface area contributed by atoms with Gasteiger partial charge in [-0.3, -0.25) is 4.98 Å². The van der Waals surface area contributed by atoms with Crippen LogP contribution in [0.5, 0.6) is 0 Å². The van der Waals surface area contributed by atoms with Crippen molar-refractivity contribution in [2.24, 2.45) is 5.92 Å². The fourth-order valence-electron chi connectivity index (χ4n) is 3.21. The molecular formula is C22H27ClN4O. The van der Waals surface area contributed by atoms with Crippen LogP contribution in [0.2, 0.25) is 5.02 Å². The first-order valence-corrected chi connectivity index (χ1v) is 9.98. The molecule has 2 N–H and O–H groups in total. The molecule has 3 rings (SSSR count). The van der Waals surface area contributed by atoms with Gasteiger partial charge in [0.05, 0.1) is 16.2 Å². The third-order valence-corrected chi connectivity index (χ3v) is 5.21. The van der Waals surface area contributed by atoms with Crippen LogP contribution < -0.4 is 5.32 Å². The maximum atomic E-state index is 10.1. The zero-order chi connectivity index (χ0) is 20.5. The summed E-state index contributed by atoms with van der Waals surface area (Å²) < 4.78 is 0. The molecule has 3 aromatic rings. The fourth-order valence-corrected chi connectivity index (χ4v) is 3.42. The second-order valence-electron chi connectivity index (χ2n) is 7.97. The highest BCUT2D eigenvalue weighted by Crippen LogP contribution is 2.34. The molecule has 0 amide bonds. The highest BCUT2D eigenvalue weighted by atomic mass is 35.5. The van der Waals surface area contributed by atoms with Gasteiger partial charge in [-0.05, 0) is 43.9 Å². The number of nitrogens with one attached hydrogen (secondary N) is 1. The molecule has 0 saturated heterocycles. The molecular weight excluding hydrogens is 372 g/mol. The van der Waals surface area contributed by atoms with Crippen molar-refractivity contribution in [1.29, 1.82) is 0 Å². The van der Waals surface area contributed by atoms with Crippen molar-refractivity contribution in [3.8, 4) is 11.1 Å². The van der Waals surface area contributed by atoms with Crippen molar-refractivity contribution in [2.45, 2.75) is 52.7 Å². The maximum Gasteiger partial charge on any atom is 0.159 e. The highest BCUT2D eigenvalue weighted by Gasteiger charge is 2.19. The summed E-state index contributed by atoms with van der Waals surface area (Å²) >= 11 is 6.50. The molecule has 6 heteroatoms. The van der Waals surface area contributed by atoms with E-state index in [1.165, 1.54) is 0 Å². The van der Waals surface area contributed by atoms with Gasteiger partial charge < -0.3 is 10.4 Å². The zero-order valence-electron chi connectivity index (χ0n) is 17.0. The number of anilines is 1. The van der Waals surface area contributed by atoms with Crippen LogP contribution in [0, 0.1) is 5.92 Å². The average Bonchev–Trinajstić information content (AvgIpc) is 2.66. The van der Waals surface area contributed by atoms with Gasteiger partial charge in [0.2, 0.25) is 0 Å². The number of pyridine rings is 1. The maximum absolute atomic E-state index is 10.1. The van der Waals surface area contributed by atoms with Gasteiger partial charge in [0, 0.05) is 35.6 Å². The van der Waals surface area contributed by atoms with E-state index in [0.29, 0.717) is 22.8 Å². The Morgan fingerprint density at radius 3 is 2.32 bits per heavy atom. The fraction of sp³-hybridized carbons (Fsp3) is 0.409. The second-order valence-corrected chi connectivity index (χ2v) is 8.38. The lowest BCUT2D eigenvalue weighted by Gasteiger charge is -2.23. The molecule has 2 aromatic heterocycles. The van der Waals surface area contributed by atoms with Gasteiger partial charge in [0.1, 0.15) is 5.60 Å². The van der Waals surface area contributed by atoms with Gasteiger partial charge in [-0.15, -0.1) is 0 Å². The van der Waals surface area contributed by atoms with Crippen LogP contribution in [0.25, 0.3) is 22.0 Å². The van der Waals surface area contributed by atoms with Crippen LogP contribution in [0.4, 0.5) is 5.69 Å². The van der Waals surface area contributed by atoms with Crippen LogP contribution in [0.15, 0.2) is 36.8 Å². The summed E-state index contributed by atoms with van der Waals surface area (Å²) in [6.45, 7) is 9.91. The number of nitrogens with zero attached hydrogens (tertiary/aromatic N) is 3. The Balaban J connectivity index is 2.06. The van der Waals surface area contributed by atoms with Crippen molar-refractivity contribution in [3.63, 3.8) is 0 Å². The molecule has 0 saturated carbocycles. The monoisotopic (exact) mass is 398 g/mol. The number of fused-ring (bicyclic) bond motifs is 1. The number of rotatable bonds is 6. The lowest BCUT2D eigenvalue weighted by Crippen LogP contribution is -2.24. The van der Waals surface area contributed by atoms with Gasteiger partial charge in [0.25, 0.3) is 0 Å². The van der Waals surface area contributed by atoms with E-state index in [2.05, 4.69) is 47.1 Å². The molecule has 1 unspecified atom stereocenters. The van der Waals surface area contributed by atoms with E-state index in [-0.39, 0.29) is 0 Å². The first-order chi connectivity index (χ1) is 13.2. The lowest BCUT2D eigenvalue weighted by atomic mass is 10.00. The Morgan fingerprint density at radius 1 is 1.07 bits per heavy atom. The molecule has 1 aromatic carbocycles. The van der Waals surface area contributed by atoms with Crippen LogP contribution in [-0.4, -0.2) is 26.1 Å². The summed E-state index contributed by atoms with van der Waals surface area (Å²) in [5.74, 6) is 0.877.